The van der Waals surface area contributed by atoms with Crippen molar-refractivity contribution in [3.63, 3.8) is 0 Å². The van der Waals surface area contributed by atoms with Gasteiger partial charge in [-0.15, -0.1) is 11.3 Å². The Morgan fingerprint density at radius 3 is 2.69 bits per heavy atom. The van der Waals surface area contributed by atoms with Gasteiger partial charge in [0, 0.05) is 0 Å². The first-order valence-electron chi connectivity index (χ1n) is 7.36. The van der Waals surface area contributed by atoms with Crippen LogP contribution in [0, 0.1) is 12.7 Å². The predicted octanol–water partition coefficient (Wildman–Crippen LogP) is 3.06. The summed E-state index contributed by atoms with van der Waals surface area (Å²) in [6, 6.07) is 2.45. The molecular weight excluding hydrogens is 381 g/mol. The lowest BCUT2D eigenvalue weighted by molar-refractivity contribution is 0.0596. The minimum Gasteiger partial charge on any atom is -0.496 e. The van der Waals surface area contributed by atoms with Gasteiger partial charge in [-0.1, -0.05) is 0 Å². The molecule has 0 aliphatic carbocycles. The average Bonchev–Trinajstić information content (AvgIpc) is 3.27. The summed E-state index contributed by atoms with van der Waals surface area (Å²) < 4.78 is 28.6. The fourth-order valence-corrected chi connectivity index (χ4v) is 3.91. The second-order valence-corrected chi connectivity index (χ2v) is 6.96. The Morgan fingerprint density at radius 1 is 1.31 bits per heavy atom. The number of rotatable bonds is 5. The Bertz CT molecular complexity index is 971. The monoisotopic (exact) mass is 395 g/mol. The van der Waals surface area contributed by atoms with E-state index in [0.717, 1.165) is 22.5 Å². The molecule has 0 saturated carbocycles. The van der Waals surface area contributed by atoms with E-state index in [0.29, 0.717) is 21.5 Å². The summed E-state index contributed by atoms with van der Waals surface area (Å²) in [5.74, 6) is -0.732. The van der Waals surface area contributed by atoms with Crippen LogP contribution in [0.25, 0.3) is 21.3 Å². The molecule has 0 atom stereocenters. The van der Waals surface area contributed by atoms with E-state index >= 15 is 0 Å². The minimum absolute atomic E-state index is 0.00752. The summed E-state index contributed by atoms with van der Waals surface area (Å²) in [5, 5.41) is 10.1. The van der Waals surface area contributed by atoms with Crippen LogP contribution in [0.2, 0.25) is 0 Å². The van der Waals surface area contributed by atoms with Crippen LogP contribution in [0.4, 0.5) is 4.39 Å². The number of aliphatic hydroxyl groups is 1. The number of thiazole rings is 1. The normalized spacial score (nSPS) is 10.8. The minimum atomic E-state index is -0.693. The molecule has 0 fully saturated rings. The van der Waals surface area contributed by atoms with E-state index < -0.39 is 11.8 Å². The van der Waals surface area contributed by atoms with Gasteiger partial charge >= 0.3 is 5.97 Å². The summed E-state index contributed by atoms with van der Waals surface area (Å²) in [5.41, 5.74) is 0.858. The average molecular weight is 395 g/mol. The third kappa shape index (κ3) is 3.30. The van der Waals surface area contributed by atoms with E-state index in [1.165, 1.54) is 31.6 Å². The molecule has 2 aromatic heterocycles. The van der Waals surface area contributed by atoms with Crippen molar-refractivity contribution >= 4 is 28.8 Å². The van der Waals surface area contributed by atoms with Crippen LogP contribution in [-0.4, -0.2) is 39.6 Å². The number of carbonyl (C=O) groups excluding carboxylic acids is 1. The molecule has 0 radical (unpaired) electrons. The number of methoxy groups -OCH3 is 2. The van der Waals surface area contributed by atoms with Crippen molar-refractivity contribution in [3.05, 3.63) is 34.2 Å². The highest BCUT2D eigenvalue weighted by Crippen LogP contribution is 2.35. The molecule has 0 spiro atoms. The maximum atomic E-state index is 14.5. The Kier molecular flexibility index (Phi) is 5.25. The quantitative estimate of drug-likeness (QED) is 0.664. The van der Waals surface area contributed by atoms with Gasteiger partial charge in [-0.2, -0.15) is 4.37 Å². The van der Waals surface area contributed by atoms with Crippen molar-refractivity contribution in [2.24, 2.45) is 0 Å². The highest BCUT2D eigenvalue weighted by atomic mass is 32.1. The Morgan fingerprint density at radius 2 is 2.08 bits per heavy atom. The molecule has 3 rings (SSSR count). The smallest absolute Gasteiger partial charge is 0.341 e. The number of aliphatic hydroxyl groups excluding tert-OH is 1. The Hall–Kier alpha value is -2.43. The van der Waals surface area contributed by atoms with Gasteiger partial charge in [-0.25, -0.2) is 19.2 Å². The number of carbonyl (C=O) groups is 1. The van der Waals surface area contributed by atoms with Gasteiger partial charge in [0.1, 0.15) is 27.1 Å². The van der Waals surface area contributed by atoms with E-state index in [9.17, 15) is 14.3 Å². The SMILES string of the molecule is COC(=O)c1cc(F)c(-c2nc(-c3sc(CO)nc3C)ns2)cc1OC. The van der Waals surface area contributed by atoms with Crippen LogP contribution in [0.5, 0.6) is 5.75 Å². The van der Waals surface area contributed by atoms with Crippen LogP contribution in [0.3, 0.4) is 0 Å². The van der Waals surface area contributed by atoms with E-state index in [1.807, 2.05) is 0 Å². The number of hydrogen-bond donors (Lipinski definition) is 1. The molecule has 0 unspecified atom stereocenters. The lowest BCUT2D eigenvalue weighted by Gasteiger charge is -2.09. The molecule has 0 amide bonds. The third-order valence-corrected chi connectivity index (χ3v) is 5.42. The van der Waals surface area contributed by atoms with Crippen molar-refractivity contribution < 1.29 is 23.8 Å². The second-order valence-electron chi connectivity index (χ2n) is 5.13. The zero-order valence-corrected chi connectivity index (χ0v) is 15.7. The number of ether oxygens (including phenoxy) is 2. The molecule has 136 valence electrons. The van der Waals surface area contributed by atoms with E-state index in [2.05, 4.69) is 19.1 Å². The zero-order valence-electron chi connectivity index (χ0n) is 14.1. The topological polar surface area (TPSA) is 94.4 Å². The lowest BCUT2D eigenvalue weighted by Crippen LogP contribution is -2.05. The Labute approximate surface area is 156 Å². The van der Waals surface area contributed by atoms with Gasteiger partial charge < -0.3 is 14.6 Å². The second kappa shape index (κ2) is 7.44. The molecule has 10 heteroatoms. The predicted molar refractivity (Wildman–Crippen MR) is 95.0 cm³/mol. The highest BCUT2D eigenvalue weighted by molar-refractivity contribution is 7.15. The van der Waals surface area contributed by atoms with Crippen molar-refractivity contribution in [3.8, 4) is 27.0 Å². The fourth-order valence-electron chi connectivity index (χ4n) is 2.31. The number of benzene rings is 1. The van der Waals surface area contributed by atoms with Gasteiger partial charge in [0.25, 0.3) is 0 Å². The molecule has 3 aromatic rings. The number of aryl methyl sites for hydroxylation is 1. The standard InChI is InChI=1S/C16H14FN3O4S2/c1-7-13(25-12(6-21)18-7)14-19-15(26-20-14)8-5-11(23-2)9(4-10(8)17)16(22)24-3/h4-5,21H,6H2,1-3H3. The van der Waals surface area contributed by atoms with Crippen molar-refractivity contribution in [1.29, 1.82) is 0 Å². The van der Waals surface area contributed by atoms with Crippen LogP contribution < -0.4 is 4.74 Å². The summed E-state index contributed by atoms with van der Waals surface area (Å²) >= 11 is 2.30. The zero-order chi connectivity index (χ0) is 18.8. The maximum absolute atomic E-state index is 14.5. The molecule has 7 nitrogen and oxygen atoms in total. The van der Waals surface area contributed by atoms with E-state index in [1.54, 1.807) is 6.92 Å². The van der Waals surface area contributed by atoms with Gasteiger partial charge in [0.05, 0.1) is 37.0 Å². The van der Waals surface area contributed by atoms with E-state index in [-0.39, 0.29) is 23.5 Å². The summed E-state index contributed by atoms with van der Waals surface area (Å²) in [6.07, 6.45) is 0. The van der Waals surface area contributed by atoms with Crippen molar-refractivity contribution in [2.75, 3.05) is 14.2 Å². The number of halogens is 1. The molecule has 1 N–H and O–H groups in total. The van der Waals surface area contributed by atoms with Gasteiger partial charge in [0.15, 0.2) is 5.82 Å². The highest BCUT2D eigenvalue weighted by Gasteiger charge is 2.21. The van der Waals surface area contributed by atoms with E-state index in [4.69, 9.17) is 4.74 Å². The first-order valence-corrected chi connectivity index (χ1v) is 8.95. The first-order chi connectivity index (χ1) is 12.5. The van der Waals surface area contributed by atoms with Gasteiger partial charge in [-0.3, -0.25) is 0 Å². The number of hydrogen-bond acceptors (Lipinski definition) is 9. The van der Waals surface area contributed by atoms with Gasteiger partial charge in [0.2, 0.25) is 0 Å². The third-order valence-electron chi connectivity index (χ3n) is 3.53. The largest absolute Gasteiger partial charge is 0.496 e. The fraction of sp³-hybridized carbons (Fsp3) is 0.250. The van der Waals surface area contributed by atoms with Crippen LogP contribution in [-0.2, 0) is 11.3 Å². The summed E-state index contributed by atoms with van der Waals surface area (Å²) in [4.78, 5) is 21.0. The lowest BCUT2D eigenvalue weighted by atomic mass is 10.1. The first kappa shape index (κ1) is 18.4. The van der Waals surface area contributed by atoms with Gasteiger partial charge in [-0.05, 0) is 30.6 Å². The molecule has 0 aliphatic rings. The molecule has 0 saturated heterocycles. The molecule has 0 bridgehead atoms. The molecule has 1 aromatic carbocycles. The van der Waals surface area contributed by atoms with Crippen LogP contribution in [0.15, 0.2) is 12.1 Å². The molecule has 2 heterocycles. The summed E-state index contributed by atoms with van der Waals surface area (Å²) in [7, 11) is 2.59. The number of nitrogens with zero attached hydrogens (tertiary/aromatic N) is 3. The van der Waals surface area contributed by atoms with Crippen LogP contribution >= 0.6 is 22.9 Å². The summed E-state index contributed by atoms with van der Waals surface area (Å²) in [6.45, 7) is 1.63. The molecular formula is C16H14FN3O4S2. The van der Waals surface area contributed by atoms with Crippen LogP contribution in [0.1, 0.15) is 21.1 Å². The number of esters is 1. The Balaban J connectivity index is 2.04. The molecule has 0 aliphatic heterocycles. The van der Waals surface area contributed by atoms with Crippen molar-refractivity contribution in [1.82, 2.24) is 14.3 Å². The molecule has 26 heavy (non-hydrogen) atoms. The maximum Gasteiger partial charge on any atom is 0.341 e. The van der Waals surface area contributed by atoms with Crippen molar-refractivity contribution in [2.45, 2.75) is 13.5 Å². The number of aromatic nitrogens is 3.